The smallest absolute Gasteiger partial charge is 0.407 e. The van der Waals surface area contributed by atoms with Crippen LogP contribution in [0.5, 0.6) is 0 Å². The van der Waals surface area contributed by atoms with Gasteiger partial charge in [-0.2, -0.15) is 5.26 Å². The van der Waals surface area contributed by atoms with E-state index < -0.39 is 0 Å². The molecule has 0 radical (unpaired) electrons. The van der Waals surface area contributed by atoms with E-state index in [1.54, 1.807) is 7.05 Å². The molecule has 9 heteroatoms. The van der Waals surface area contributed by atoms with Crippen molar-refractivity contribution < 1.29 is 9.53 Å². The molecule has 2 aromatic carbocycles. The molecule has 3 aliphatic heterocycles. The second-order valence-corrected chi connectivity index (χ2v) is 12.2. The third-order valence-corrected chi connectivity index (χ3v) is 9.83. The van der Waals surface area contributed by atoms with Crippen LogP contribution in [0.2, 0.25) is 0 Å². The quantitative estimate of drug-likeness (QED) is 0.549. The number of amides is 1. The molecule has 220 valence electrons. The van der Waals surface area contributed by atoms with E-state index in [1.165, 1.54) is 11.3 Å². The van der Waals surface area contributed by atoms with Crippen LogP contribution in [0.25, 0.3) is 0 Å². The lowest BCUT2D eigenvalue weighted by atomic mass is 9.59. The van der Waals surface area contributed by atoms with E-state index in [4.69, 9.17) is 15.0 Å². The van der Waals surface area contributed by atoms with Crippen molar-refractivity contribution in [2.75, 3.05) is 58.3 Å². The monoisotopic (exact) mass is 567 g/mol. The minimum atomic E-state index is -0.386. The van der Waals surface area contributed by atoms with E-state index in [0.29, 0.717) is 30.4 Å². The Morgan fingerprint density at radius 1 is 1.14 bits per heavy atom. The van der Waals surface area contributed by atoms with Gasteiger partial charge in [-0.15, -0.1) is 0 Å². The summed E-state index contributed by atoms with van der Waals surface area (Å²) in [5.74, 6) is 1.06. The van der Waals surface area contributed by atoms with E-state index >= 15 is 0 Å². The summed E-state index contributed by atoms with van der Waals surface area (Å²) in [7, 11) is 3.61. The van der Waals surface area contributed by atoms with Gasteiger partial charge in [0.2, 0.25) is 0 Å². The zero-order valence-electron chi connectivity index (χ0n) is 24.6. The average Bonchev–Trinajstić information content (AvgIpc) is 3.45. The number of nitriles is 1. The highest BCUT2D eigenvalue weighted by Gasteiger charge is 2.53. The van der Waals surface area contributed by atoms with Crippen molar-refractivity contribution in [3.8, 4) is 6.07 Å². The molecule has 0 aromatic heterocycles. The fourth-order valence-electron chi connectivity index (χ4n) is 7.58. The van der Waals surface area contributed by atoms with Gasteiger partial charge in [-0.1, -0.05) is 36.4 Å². The van der Waals surface area contributed by atoms with E-state index in [2.05, 4.69) is 75.2 Å². The zero-order valence-corrected chi connectivity index (χ0v) is 24.6. The molecule has 9 nitrogen and oxygen atoms in total. The molecule has 2 fully saturated rings. The van der Waals surface area contributed by atoms with Gasteiger partial charge in [0.05, 0.1) is 18.2 Å². The third kappa shape index (κ3) is 5.43. The summed E-state index contributed by atoms with van der Waals surface area (Å²) in [6, 6.07) is 20.9. The molecule has 2 bridgehead atoms. The van der Waals surface area contributed by atoms with Crippen LogP contribution in [0, 0.1) is 29.1 Å². The molecule has 2 saturated heterocycles. The van der Waals surface area contributed by atoms with Crippen molar-refractivity contribution in [2.24, 2.45) is 22.7 Å². The van der Waals surface area contributed by atoms with Crippen LogP contribution in [-0.2, 0) is 10.2 Å². The van der Waals surface area contributed by atoms with Crippen LogP contribution < -0.4 is 15.6 Å². The molecule has 4 aliphatic rings. The lowest BCUT2D eigenvalue weighted by molar-refractivity contribution is 0.0230. The number of aliphatic imine (C=N–C) groups is 1. The number of rotatable bonds is 6. The number of hydrazine groups is 1. The number of piperidine rings is 1. The third-order valence-electron chi connectivity index (χ3n) is 9.83. The topological polar surface area (TPSA) is 96.2 Å². The number of fused-ring (bicyclic) bond motifs is 1. The van der Waals surface area contributed by atoms with Crippen LogP contribution in [0.15, 0.2) is 71.4 Å². The Hall–Kier alpha value is -4.03. The van der Waals surface area contributed by atoms with Gasteiger partial charge < -0.3 is 19.9 Å². The Bertz CT molecular complexity index is 1340. The number of carbonyl (C=O) groups excluding carboxylic acids is 1. The second kappa shape index (κ2) is 12.1. The minimum absolute atomic E-state index is 0.0101. The maximum atomic E-state index is 12.5. The lowest BCUT2D eigenvalue weighted by Gasteiger charge is -2.50. The maximum absolute atomic E-state index is 12.5. The van der Waals surface area contributed by atoms with E-state index in [9.17, 15) is 4.79 Å². The molecule has 2 aromatic rings. The summed E-state index contributed by atoms with van der Waals surface area (Å²) in [4.78, 5) is 22.5. The Morgan fingerprint density at radius 3 is 2.57 bits per heavy atom. The number of ether oxygens (including phenoxy) is 1. The van der Waals surface area contributed by atoms with Gasteiger partial charge in [-0.3, -0.25) is 15.4 Å². The highest BCUT2D eigenvalue weighted by atomic mass is 16.6. The molecule has 1 aliphatic carbocycles. The van der Waals surface area contributed by atoms with Crippen molar-refractivity contribution in [2.45, 2.75) is 30.8 Å². The summed E-state index contributed by atoms with van der Waals surface area (Å²) in [5.41, 5.74) is 7.30. The fourth-order valence-corrected chi connectivity index (χ4v) is 7.58. The predicted octanol–water partition coefficient (Wildman–Crippen LogP) is 3.75. The van der Waals surface area contributed by atoms with Crippen LogP contribution in [-0.4, -0.2) is 81.8 Å². The minimum Gasteiger partial charge on any atom is -0.445 e. The molecule has 0 spiro atoms. The van der Waals surface area contributed by atoms with Crippen LogP contribution in [0.1, 0.15) is 30.4 Å². The van der Waals surface area contributed by atoms with Gasteiger partial charge in [-0.25, -0.2) is 4.79 Å². The molecule has 3 heterocycles. The molecule has 3 atom stereocenters. The van der Waals surface area contributed by atoms with Crippen LogP contribution in [0.3, 0.4) is 0 Å². The summed E-state index contributed by atoms with van der Waals surface area (Å²) in [6.45, 7) is 5.97. The van der Waals surface area contributed by atoms with E-state index in [-0.39, 0.29) is 23.5 Å². The number of likely N-dealkylation sites (tertiary alicyclic amines) is 1. The molecule has 2 N–H and O–H groups in total. The first-order valence-corrected chi connectivity index (χ1v) is 15.1. The second-order valence-electron chi connectivity index (χ2n) is 12.2. The van der Waals surface area contributed by atoms with Gasteiger partial charge in [0.1, 0.15) is 12.4 Å². The Labute approximate surface area is 248 Å². The number of alkyl carbamates (subject to hydrolysis) is 1. The van der Waals surface area contributed by atoms with Crippen molar-refractivity contribution in [1.82, 2.24) is 20.7 Å². The van der Waals surface area contributed by atoms with Crippen molar-refractivity contribution in [3.63, 3.8) is 0 Å². The van der Waals surface area contributed by atoms with Crippen molar-refractivity contribution in [3.05, 3.63) is 77.5 Å². The zero-order chi connectivity index (χ0) is 29.1. The Kier molecular flexibility index (Phi) is 8.07. The molecule has 0 saturated carbocycles. The van der Waals surface area contributed by atoms with Gasteiger partial charge in [0.15, 0.2) is 0 Å². The summed E-state index contributed by atoms with van der Waals surface area (Å²) < 4.78 is 6.06. The number of hydrogen-bond donors (Lipinski definition) is 2. The molecular weight excluding hydrogens is 526 g/mol. The molecule has 0 unspecified atom stereocenters. The summed E-state index contributed by atoms with van der Waals surface area (Å²) in [6.07, 6.45) is 6.32. The van der Waals surface area contributed by atoms with Gasteiger partial charge in [0.25, 0.3) is 0 Å². The SMILES string of the molecule is CNC(=O)O[C@H]1CC2=C[C@@H]1[C@@](c1ccccc1)(C1CCN(CC3CN(c4ccc(C#N)cc4)C3)CC1)CN=CNN2C. The molecule has 6 rings (SSSR count). The number of anilines is 1. The highest BCUT2D eigenvalue weighted by Crippen LogP contribution is 2.51. The van der Waals surface area contributed by atoms with Crippen LogP contribution in [0.4, 0.5) is 10.5 Å². The summed E-state index contributed by atoms with van der Waals surface area (Å²) >= 11 is 0. The number of carbonyl (C=O) groups is 1. The normalized spacial score (nSPS) is 26.6. The highest BCUT2D eigenvalue weighted by molar-refractivity contribution is 5.67. The fraction of sp³-hybridized carbons (Fsp3) is 0.485. The Morgan fingerprint density at radius 2 is 1.88 bits per heavy atom. The van der Waals surface area contributed by atoms with Gasteiger partial charge >= 0.3 is 6.09 Å². The first kappa shape index (κ1) is 28.1. The number of hydrogen-bond acceptors (Lipinski definition) is 8. The molecular formula is C33H41N7O2. The van der Waals surface area contributed by atoms with Crippen molar-refractivity contribution >= 4 is 18.1 Å². The number of benzene rings is 2. The standard InChI is InChI=1S/C33H41N7O2/c1-35-32(41)42-31-17-29-16-30(31)33(22-36-23-37-38(29)2,26-6-4-3-5-7-26)27-12-14-39(15-13-27)19-25-20-40(21-25)28-10-8-24(18-34)9-11-28/h3-11,16,23,25,27,30-31H,12-15,17,19-22H2,1-2H3,(H,35,41)(H,36,37)/t30-,31-,33-/m0/s1. The van der Waals surface area contributed by atoms with E-state index in [0.717, 1.165) is 51.3 Å². The first-order valence-electron chi connectivity index (χ1n) is 15.1. The van der Waals surface area contributed by atoms with Crippen molar-refractivity contribution in [1.29, 1.82) is 5.26 Å². The first-order chi connectivity index (χ1) is 20.5. The molecule has 42 heavy (non-hydrogen) atoms. The Balaban J connectivity index is 1.19. The predicted molar refractivity (Wildman–Crippen MR) is 164 cm³/mol. The number of nitrogens with zero attached hydrogens (tertiary/aromatic N) is 5. The molecule has 1 amide bonds. The maximum Gasteiger partial charge on any atom is 0.407 e. The van der Waals surface area contributed by atoms with Gasteiger partial charge in [0, 0.05) is 68.8 Å². The van der Waals surface area contributed by atoms with Gasteiger partial charge in [-0.05, 0) is 61.7 Å². The average molecular weight is 568 g/mol. The van der Waals surface area contributed by atoms with Crippen LogP contribution >= 0.6 is 0 Å². The van der Waals surface area contributed by atoms with E-state index in [1.807, 2.05) is 30.5 Å². The number of nitrogens with one attached hydrogen (secondary N) is 2. The largest absolute Gasteiger partial charge is 0.445 e. The lowest BCUT2D eigenvalue weighted by Crippen LogP contribution is -2.55. The summed E-state index contributed by atoms with van der Waals surface area (Å²) in [5, 5.41) is 13.7.